The van der Waals surface area contributed by atoms with Gasteiger partial charge in [0, 0.05) is 60.3 Å². The van der Waals surface area contributed by atoms with Crippen molar-refractivity contribution in [1.82, 2.24) is 40.4 Å². The number of nitrogens with zero attached hydrogens (tertiary/aromatic N) is 5. The van der Waals surface area contributed by atoms with E-state index in [1.165, 1.54) is 4.68 Å². The number of carbonyl (C=O) groups is 4. The number of halogens is 2. The molecule has 1 aliphatic heterocycles. The van der Waals surface area contributed by atoms with Gasteiger partial charge in [-0.25, -0.2) is 4.68 Å². The normalized spacial score (nSPS) is 18.4. The van der Waals surface area contributed by atoms with E-state index in [-0.39, 0.29) is 24.5 Å². The maximum absolute atomic E-state index is 14.5. The Morgan fingerprint density at radius 1 is 0.932 bits per heavy atom. The van der Waals surface area contributed by atoms with E-state index in [2.05, 4.69) is 36.2 Å². The van der Waals surface area contributed by atoms with E-state index < -0.39 is 54.9 Å². The fourth-order valence-electron chi connectivity index (χ4n) is 10.3. The predicted molar refractivity (Wildman–Crippen MR) is 283 cm³/mol. The van der Waals surface area contributed by atoms with E-state index >= 15 is 0 Å². The lowest BCUT2D eigenvalue weighted by atomic mass is 9.82. The molecule has 73 heavy (non-hydrogen) atoms. The standard InChI is InChI=1S/C56H72BF2N9O5/c1-35(27-37(3)60-8)39(5)45(51-36(2)28-38(4)68(51)57(58)59)24-16-15-23-44-33-67(66-65-44)50(30-42-21-13-10-14-22-42)55(72)62-40(6)53(70)64-49(31-43-32-61-47-26-18-17-25-46(43)47)54(71)63-48(52(69)56(7)34-73-56)29-41-19-11-9-12-20-41/h10,13-14,17-18,21-22,25-28,32-33,40-41,48-50,61H,9,11-12,15-16,19-20,23-24,29-31,34H2,1-8H3,(H,62,72)(H,63,71)(H,64,70)/b35-27-,45-39+,60-37+/t40-,48+,49+,50+,56-/m1/s1. The molecule has 5 atom stereocenters. The first-order valence-electron chi connectivity index (χ1n) is 25.8. The number of amides is 3. The topological polar surface area (TPSA) is 181 Å². The van der Waals surface area contributed by atoms with E-state index in [9.17, 15) is 27.8 Å². The number of ether oxygens (including phenoxy) is 1. The minimum absolute atomic E-state index is 0.128. The summed E-state index contributed by atoms with van der Waals surface area (Å²) in [6.07, 6.45) is 14.1. The number of unbranched alkanes of at least 4 members (excludes halogenated alkanes) is 1. The van der Waals surface area contributed by atoms with Crippen LogP contribution in [0.2, 0.25) is 0 Å². The van der Waals surface area contributed by atoms with Crippen molar-refractivity contribution in [3.05, 3.63) is 124 Å². The van der Waals surface area contributed by atoms with Crippen molar-refractivity contribution >= 4 is 53.1 Å². The van der Waals surface area contributed by atoms with Gasteiger partial charge in [-0.05, 0) is 138 Å². The number of allylic oxidation sites excluding steroid dienone is 4. The fourth-order valence-corrected chi connectivity index (χ4v) is 10.3. The number of aryl methyl sites for hydroxylation is 3. The Morgan fingerprint density at radius 2 is 1.63 bits per heavy atom. The number of fused-ring (bicyclic) bond motifs is 1. The number of H-pyrrole nitrogens is 1. The summed E-state index contributed by atoms with van der Waals surface area (Å²) in [6, 6.07) is 15.2. The van der Waals surface area contributed by atoms with E-state index in [1.807, 2.05) is 94.6 Å². The van der Waals surface area contributed by atoms with Crippen LogP contribution in [0.3, 0.4) is 0 Å². The molecule has 4 heterocycles. The average Bonchev–Trinajstić information content (AvgIpc) is 3.62. The van der Waals surface area contributed by atoms with E-state index in [4.69, 9.17) is 4.74 Å². The molecule has 1 saturated carbocycles. The molecule has 1 aliphatic carbocycles. The smallest absolute Gasteiger partial charge is 0.361 e. The van der Waals surface area contributed by atoms with Crippen LogP contribution >= 0.6 is 0 Å². The van der Waals surface area contributed by atoms with Gasteiger partial charge in [-0.15, -0.1) is 5.10 Å². The lowest BCUT2D eigenvalue weighted by Gasteiger charge is -2.29. The molecule has 14 nitrogen and oxygen atoms in total. The Labute approximate surface area is 428 Å². The minimum Gasteiger partial charge on any atom is -0.361 e. The number of epoxide rings is 1. The second kappa shape index (κ2) is 24.5. The molecule has 0 bridgehead atoms. The predicted octanol–water partition coefficient (Wildman–Crippen LogP) is 9.00. The molecule has 0 radical (unpaired) electrons. The van der Waals surface area contributed by atoms with Gasteiger partial charge >= 0.3 is 7.40 Å². The third-order valence-corrected chi connectivity index (χ3v) is 14.8. The molecule has 2 aliphatic rings. The van der Waals surface area contributed by atoms with Crippen LogP contribution in [0.5, 0.6) is 0 Å². The summed E-state index contributed by atoms with van der Waals surface area (Å²) in [7, 11) is -0.972. The van der Waals surface area contributed by atoms with Gasteiger partial charge in [0.05, 0.1) is 18.3 Å². The molecule has 0 unspecified atom stereocenters. The van der Waals surface area contributed by atoms with Crippen LogP contribution in [0, 0.1) is 19.8 Å². The van der Waals surface area contributed by atoms with Crippen molar-refractivity contribution in [2.24, 2.45) is 10.9 Å². The molecule has 3 amide bonds. The van der Waals surface area contributed by atoms with Gasteiger partial charge in [-0.1, -0.05) is 85.8 Å². The number of benzene rings is 2. The van der Waals surface area contributed by atoms with Gasteiger partial charge < -0.3 is 30.1 Å². The Hall–Kier alpha value is -6.49. The van der Waals surface area contributed by atoms with Gasteiger partial charge in [0.1, 0.15) is 23.7 Å². The Kier molecular flexibility index (Phi) is 18.2. The zero-order chi connectivity index (χ0) is 52.4. The average molecular weight is 1000 g/mol. The molecule has 2 aromatic carbocycles. The summed E-state index contributed by atoms with van der Waals surface area (Å²) in [6.45, 7) is 13.0. The first-order chi connectivity index (χ1) is 35.0. The van der Waals surface area contributed by atoms with Crippen molar-refractivity contribution < 1.29 is 32.5 Å². The summed E-state index contributed by atoms with van der Waals surface area (Å²) in [5.74, 6) is -1.42. The number of para-hydroxylation sites is 1. The lowest BCUT2D eigenvalue weighted by Crippen LogP contribution is -2.57. The highest BCUT2D eigenvalue weighted by Gasteiger charge is 2.50. The maximum atomic E-state index is 14.5. The molecule has 1 saturated heterocycles. The number of nitrogens with one attached hydrogen (secondary N) is 4. The number of rotatable bonds is 24. The molecule has 388 valence electrons. The van der Waals surface area contributed by atoms with Crippen LogP contribution in [-0.4, -0.2) is 98.5 Å². The van der Waals surface area contributed by atoms with E-state index in [0.717, 1.165) is 86.6 Å². The van der Waals surface area contributed by atoms with Crippen molar-refractivity contribution in [3.63, 3.8) is 0 Å². The van der Waals surface area contributed by atoms with Crippen LogP contribution in [0.25, 0.3) is 16.5 Å². The summed E-state index contributed by atoms with van der Waals surface area (Å²) >= 11 is 0. The fraction of sp³-hybridized carbons (Fsp3) is 0.482. The number of aromatic nitrogens is 5. The van der Waals surface area contributed by atoms with Gasteiger partial charge in [-0.3, -0.25) is 32.8 Å². The number of aliphatic imine (C=N–C) groups is 1. The number of hydrogen-bond acceptors (Lipinski definition) is 8. The lowest BCUT2D eigenvalue weighted by molar-refractivity contribution is -0.134. The minimum atomic E-state index is -2.69. The Morgan fingerprint density at radius 3 is 2.33 bits per heavy atom. The number of carbonyl (C=O) groups excluding carboxylic acids is 4. The summed E-state index contributed by atoms with van der Waals surface area (Å²) in [5.41, 5.74) is 7.64. The van der Waals surface area contributed by atoms with Crippen LogP contribution in [0.15, 0.2) is 95.3 Å². The van der Waals surface area contributed by atoms with Gasteiger partial charge in [0.15, 0.2) is 5.78 Å². The van der Waals surface area contributed by atoms with Gasteiger partial charge in [0.2, 0.25) is 17.7 Å². The Balaban J connectivity index is 1.06. The molecule has 4 N–H and O–H groups in total. The van der Waals surface area contributed by atoms with E-state index in [1.54, 1.807) is 40.1 Å². The van der Waals surface area contributed by atoms with Crippen molar-refractivity contribution in [2.75, 3.05) is 13.7 Å². The van der Waals surface area contributed by atoms with Gasteiger partial charge in [0.25, 0.3) is 0 Å². The third kappa shape index (κ3) is 13.8. The molecule has 17 heteroatoms. The number of aromatic amines is 1. The molecular formula is C56H72BF2N9O5. The van der Waals surface area contributed by atoms with Crippen molar-refractivity contribution in [2.45, 2.75) is 155 Å². The maximum Gasteiger partial charge on any atom is 0.677 e. The first-order valence-corrected chi connectivity index (χ1v) is 25.8. The molecule has 2 fully saturated rings. The molecule has 7 rings (SSSR count). The number of Topliss-reactive ketones (excluding diaryl/α,β-unsaturated/α-hetero) is 1. The van der Waals surface area contributed by atoms with Crippen LogP contribution in [0.1, 0.15) is 132 Å². The monoisotopic (exact) mass is 1000 g/mol. The van der Waals surface area contributed by atoms with Crippen LogP contribution in [0.4, 0.5) is 8.63 Å². The molecule has 5 aromatic rings. The van der Waals surface area contributed by atoms with E-state index in [0.29, 0.717) is 55.8 Å². The summed E-state index contributed by atoms with van der Waals surface area (Å²) in [5, 5.41) is 18.7. The Bertz CT molecular complexity index is 2840. The molecule has 3 aromatic heterocycles. The summed E-state index contributed by atoms with van der Waals surface area (Å²) < 4.78 is 37.2. The second-order valence-electron chi connectivity index (χ2n) is 20.4. The zero-order valence-corrected chi connectivity index (χ0v) is 43.7. The second-order valence-corrected chi connectivity index (χ2v) is 20.4. The SMILES string of the molecule is C/N=C(C)/C=C(C)\C(C)=C(/CCCCc1cn([C@@H](Cc2ccccc2)C(=O)N[C@H](C)C(=O)N[C@@H](Cc2c[nH]c3ccccc23)C(=O)N[C@@H](CC2CCCCC2)C(=O)[C@@]2(C)CO2)nn1)c1c(C)cc(C)n1B(F)F. The summed E-state index contributed by atoms with van der Waals surface area (Å²) in [4.78, 5) is 64.5. The quantitative estimate of drug-likeness (QED) is 0.0157. The van der Waals surface area contributed by atoms with Crippen LogP contribution in [-0.2, 0) is 43.2 Å². The first kappa shape index (κ1) is 54.3. The third-order valence-electron chi connectivity index (χ3n) is 14.8. The number of ketones is 1. The highest BCUT2D eigenvalue weighted by Crippen LogP contribution is 2.35. The zero-order valence-electron chi connectivity index (χ0n) is 43.7. The van der Waals surface area contributed by atoms with Crippen molar-refractivity contribution in [1.29, 1.82) is 0 Å². The van der Waals surface area contributed by atoms with Crippen LogP contribution < -0.4 is 16.0 Å². The molecule has 0 spiro atoms. The highest BCUT2D eigenvalue weighted by atomic mass is 19.2. The number of hydrogen-bond donors (Lipinski definition) is 4. The largest absolute Gasteiger partial charge is 0.677 e. The van der Waals surface area contributed by atoms with Gasteiger partial charge in [-0.2, -0.15) is 0 Å². The molecular weight excluding hydrogens is 927 g/mol. The highest BCUT2D eigenvalue weighted by molar-refractivity contribution is 6.41. The van der Waals surface area contributed by atoms with Crippen molar-refractivity contribution in [3.8, 4) is 0 Å².